The zero-order chi connectivity index (χ0) is 15.0. The molecule has 1 aromatic rings. The summed E-state index contributed by atoms with van der Waals surface area (Å²) in [7, 11) is 5.36. The number of rotatable bonds is 3. The minimum Gasteiger partial charge on any atom is -0.493 e. The van der Waals surface area contributed by atoms with Crippen LogP contribution in [-0.2, 0) is 10.2 Å². The summed E-state index contributed by atoms with van der Waals surface area (Å²) in [6, 6.07) is 6.11. The summed E-state index contributed by atoms with van der Waals surface area (Å²) >= 11 is 0. The zero-order valence-electron chi connectivity index (χ0n) is 12.8. The fraction of sp³-hybridized carbons (Fsp3) is 0.471. The quantitative estimate of drug-likeness (QED) is 0.856. The summed E-state index contributed by atoms with van der Waals surface area (Å²) in [5.41, 5.74) is 2.30. The van der Waals surface area contributed by atoms with Gasteiger partial charge >= 0.3 is 0 Å². The first kappa shape index (κ1) is 14.0. The topological polar surface area (TPSA) is 38.8 Å². The lowest BCUT2D eigenvalue weighted by Crippen LogP contribution is -2.32. The minimum absolute atomic E-state index is 0.0534. The number of fused-ring (bicyclic) bond motifs is 1. The van der Waals surface area contributed by atoms with E-state index in [0.717, 1.165) is 36.6 Å². The van der Waals surface area contributed by atoms with Gasteiger partial charge in [0.25, 0.3) is 0 Å². The van der Waals surface area contributed by atoms with Crippen LogP contribution in [0, 0.1) is 0 Å². The van der Waals surface area contributed by atoms with Crippen molar-refractivity contribution in [2.24, 2.45) is 0 Å². The minimum atomic E-state index is -0.0534. The van der Waals surface area contributed by atoms with Crippen molar-refractivity contribution in [1.82, 2.24) is 4.90 Å². The number of methoxy groups -OCH3 is 2. The Kier molecular flexibility index (Phi) is 3.40. The molecule has 2 aliphatic rings. The first-order valence-electron chi connectivity index (χ1n) is 7.29. The lowest BCUT2D eigenvalue weighted by molar-refractivity contribution is -0.115. The average Bonchev–Trinajstić information content (AvgIpc) is 2.85. The highest BCUT2D eigenvalue weighted by atomic mass is 16.5. The third kappa shape index (κ3) is 2.09. The zero-order valence-corrected chi connectivity index (χ0v) is 12.8. The van der Waals surface area contributed by atoms with Crippen molar-refractivity contribution >= 4 is 5.78 Å². The van der Waals surface area contributed by atoms with Crippen LogP contribution < -0.4 is 9.47 Å². The van der Waals surface area contributed by atoms with Gasteiger partial charge in [-0.1, -0.05) is 6.07 Å². The molecule has 0 saturated carbocycles. The first-order chi connectivity index (χ1) is 10.1. The van der Waals surface area contributed by atoms with E-state index in [2.05, 4.69) is 24.1 Å². The van der Waals surface area contributed by atoms with Gasteiger partial charge in [0, 0.05) is 37.2 Å². The number of carbonyl (C=O) groups is 1. The maximum atomic E-state index is 11.8. The second-order valence-electron chi connectivity index (χ2n) is 5.82. The van der Waals surface area contributed by atoms with Gasteiger partial charge in [0.15, 0.2) is 17.3 Å². The third-order valence-corrected chi connectivity index (χ3v) is 4.81. The fourth-order valence-corrected chi connectivity index (χ4v) is 3.61. The normalized spacial score (nSPS) is 24.6. The molecular formula is C17H21NO3. The molecule has 112 valence electrons. The van der Waals surface area contributed by atoms with E-state index in [4.69, 9.17) is 9.47 Å². The summed E-state index contributed by atoms with van der Waals surface area (Å²) in [6.07, 6.45) is 4.36. The predicted octanol–water partition coefficient (Wildman–Crippen LogP) is 2.52. The van der Waals surface area contributed by atoms with Gasteiger partial charge in [0.05, 0.1) is 14.2 Å². The molecule has 4 heteroatoms. The van der Waals surface area contributed by atoms with E-state index in [1.54, 1.807) is 14.2 Å². The van der Waals surface area contributed by atoms with Crippen molar-refractivity contribution in [3.8, 4) is 11.5 Å². The number of likely N-dealkylation sites (N-methyl/N-ethyl adjacent to an activating group) is 1. The van der Waals surface area contributed by atoms with Crippen LogP contribution in [-0.4, -0.2) is 38.5 Å². The summed E-state index contributed by atoms with van der Waals surface area (Å²) in [4.78, 5) is 14.0. The Bertz CT molecular complexity index is 608. The van der Waals surface area contributed by atoms with Gasteiger partial charge in [-0.15, -0.1) is 0 Å². The lowest BCUT2D eigenvalue weighted by atomic mass is 9.70. The second-order valence-corrected chi connectivity index (χ2v) is 5.82. The standard InChI is InChI=1S/C17H21NO3/c1-18-9-8-17(7-6-13(19)11-16(17)18)12-4-5-14(20-2)15(10-12)21-3/h4-5,10-11H,6-9H2,1-3H3/t17-/m1/s1. The molecule has 1 aliphatic heterocycles. The molecular weight excluding hydrogens is 266 g/mol. The van der Waals surface area contributed by atoms with Gasteiger partial charge < -0.3 is 14.4 Å². The monoisotopic (exact) mass is 287 g/mol. The Morgan fingerprint density at radius 1 is 1.14 bits per heavy atom. The highest BCUT2D eigenvalue weighted by molar-refractivity contribution is 5.92. The second kappa shape index (κ2) is 5.10. The van der Waals surface area contributed by atoms with E-state index in [1.807, 2.05) is 12.1 Å². The molecule has 0 N–H and O–H groups in total. The molecule has 1 aliphatic carbocycles. The molecule has 1 atom stereocenters. The van der Waals surface area contributed by atoms with Crippen LogP contribution in [0.25, 0.3) is 0 Å². The van der Waals surface area contributed by atoms with Gasteiger partial charge in [0.2, 0.25) is 0 Å². The van der Waals surface area contributed by atoms with Crippen molar-refractivity contribution < 1.29 is 14.3 Å². The number of hydrogen-bond donors (Lipinski definition) is 0. The lowest BCUT2D eigenvalue weighted by Gasteiger charge is -2.35. The molecule has 0 radical (unpaired) electrons. The number of hydrogen-bond acceptors (Lipinski definition) is 4. The Labute approximate surface area is 125 Å². The highest BCUT2D eigenvalue weighted by Crippen LogP contribution is 2.49. The van der Waals surface area contributed by atoms with Gasteiger partial charge in [-0.3, -0.25) is 4.79 Å². The van der Waals surface area contributed by atoms with Crippen molar-refractivity contribution in [1.29, 1.82) is 0 Å². The average molecular weight is 287 g/mol. The number of likely N-dealkylation sites (tertiary alicyclic amines) is 1. The molecule has 0 bridgehead atoms. The number of nitrogens with zero attached hydrogens (tertiary/aromatic N) is 1. The van der Waals surface area contributed by atoms with Crippen LogP contribution in [0.3, 0.4) is 0 Å². The third-order valence-electron chi connectivity index (χ3n) is 4.81. The molecule has 0 amide bonds. The summed E-state index contributed by atoms with van der Waals surface area (Å²) in [6.45, 7) is 0.980. The van der Waals surface area contributed by atoms with Gasteiger partial charge in [0.1, 0.15) is 0 Å². The summed E-state index contributed by atoms with van der Waals surface area (Å²) in [5, 5.41) is 0. The maximum absolute atomic E-state index is 11.8. The van der Waals surface area contributed by atoms with Crippen LogP contribution in [0.1, 0.15) is 24.8 Å². The van der Waals surface area contributed by atoms with E-state index in [9.17, 15) is 4.79 Å². The van der Waals surface area contributed by atoms with Crippen LogP contribution >= 0.6 is 0 Å². The smallest absolute Gasteiger partial charge is 0.161 e. The van der Waals surface area contributed by atoms with Gasteiger partial charge in [-0.2, -0.15) is 0 Å². The number of carbonyl (C=O) groups excluding carboxylic acids is 1. The van der Waals surface area contributed by atoms with Gasteiger partial charge in [-0.25, -0.2) is 0 Å². The molecule has 21 heavy (non-hydrogen) atoms. The van der Waals surface area contributed by atoms with Crippen molar-refractivity contribution in [2.45, 2.75) is 24.7 Å². The molecule has 1 saturated heterocycles. The molecule has 1 fully saturated rings. The van der Waals surface area contributed by atoms with Crippen LogP contribution in [0.5, 0.6) is 11.5 Å². The van der Waals surface area contributed by atoms with Crippen LogP contribution in [0.15, 0.2) is 30.0 Å². The van der Waals surface area contributed by atoms with E-state index in [-0.39, 0.29) is 11.2 Å². The van der Waals surface area contributed by atoms with Crippen molar-refractivity contribution in [3.05, 3.63) is 35.5 Å². The maximum Gasteiger partial charge on any atom is 0.161 e. The number of benzene rings is 1. The van der Waals surface area contributed by atoms with E-state index in [1.165, 1.54) is 5.56 Å². The summed E-state index contributed by atoms with van der Waals surface area (Å²) in [5.74, 6) is 1.71. The van der Waals surface area contributed by atoms with Gasteiger partial charge in [-0.05, 0) is 30.5 Å². The number of allylic oxidation sites excluding steroid dienone is 2. The number of ketones is 1. The fourth-order valence-electron chi connectivity index (χ4n) is 3.61. The van der Waals surface area contributed by atoms with Crippen LogP contribution in [0.2, 0.25) is 0 Å². The Morgan fingerprint density at radius 3 is 2.62 bits per heavy atom. The number of ether oxygens (including phenoxy) is 2. The first-order valence-corrected chi connectivity index (χ1v) is 7.29. The van der Waals surface area contributed by atoms with Crippen molar-refractivity contribution in [3.63, 3.8) is 0 Å². The van der Waals surface area contributed by atoms with E-state index < -0.39 is 0 Å². The van der Waals surface area contributed by atoms with Crippen molar-refractivity contribution in [2.75, 3.05) is 27.8 Å². The van der Waals surface area contributed by atoms with E-state index in [0.29, 0.717) is 6.42 Å². The molecule has 0 aromatic heterocycles. The molecule has 3 rings (SSSR count). The van der Waals surface area contributed by atoms with E-state index >= 15 is 0 Å². The SMILES string of the molecule is COc1ccc([C@]23CCC(=O)C=C2N(C)CC3)cc1OC. The summed E-state index contributed by atoms with van der Waals surface area (Å²) < 4.78 is 10.8. The Hall–Kier alpha value is -1.97. The Balaban J connectivity index is 2.10. The highest BCUT2D eigenvalue weighted by Gasteiger charge is 2.45. The molecule has 4 nitrogen and oxygen atoms in total. The molecule has 0 spiro atoms. The Morgan fingerprint density at radius 2 is 1.90 bits per heavy atom. The molecule has 0 unspecified atom stereocenters. The largest absolute Gasteiger partial charge is 0.493 e. The molecule has 1 heterocycles. The van der Waals surface area contributed by atoms with Crippen LogP contribution in [0.4, 0.5) is 0 Å². The predicted molar refractivity (Wildman–Crippen MR) is 80.8 cm³/mol. The molecule has 1 aromatic carbocycles.